The summed E-state index contributed by atoms with van der Waals surface area (Å²) in [4.78, 5) is 29.7. The Morgan fingerprint density at radius 3 is 2.73 bits per heavy atom. The van der Waals surface area contributed by atoms with Crippen molar-refractivity contribution in [2.75, 3.05) is 20.3 Å². The molecule has 0 bridgehead atoms. The van der Waals surface area contributed by atoms with Gasteiger partial charge in [0.05, 0.1) is 11.3 Å². The number of methoxy groups -OCH3 is 1. The molecule has 0 fully saturated rings. The highest BCUT2D eigenvalue weighted by molar-refractivity contribution is 6.07. The molecule has 1 aromatic rings. The van der Waals surface area contributed by atoms with Crippen LogP contribution in [0.3, 0.4) is 0 Å². The zero-order valence-electron chi connectivity index (χ0n) is 12.5. The van der Waals surface area contributed by atoms with Crippen molar-refractivity contribution in [3.8, 4) is 0 Å². The van der Waals surface area contributed by atoms with Crippen molar-refractivity contribution in [1.82, 2.24) is 9.88 Å². The van der Waals surface area contributed by atoms with Crippen molar-refractivity contribution in [2.45, 2.75) is 19.4 Å². The van der Waals surface area contributed by atoms with Crippen LogP contribution >= 0.6 is 0 Å². The SMILES string of the molecule is COCCCN1C(=O)C(O)=C(C(C)=O)C1c1ccccn1.[Cl-]. The van der Waals surface area contributed by atoms with Crippen LogP contribution in [0.2, 0.25) is 0 Å². The molecule has 1 atom stereocenters. The third kappa shape index (κ3) is 3.45. The van der Waals surface area contributed by atoms with E-state index in [-0.39, 0.29) is 23.8 Å². The minimum atomic E-state index is -0.631. The predicted octanol–water partition coefficient (Wildman–Crippen LogP) is -1.59. The summed E-state index contributed by atoms with van der Waals surface area (Å²) in [6.07, 6.45) is 2.21. The molecule has 0 aromatic carbocycles. The second-order valence-corrected chi connectivity index (χ2v) is 4.82. The Hall–Kier alpha value is -1.92. The molecule has 2 heterocycles. The van der Waals surface area contributed by atoms with E-state index < -0.39 is 17.7 Å². The highest BCUT2D eigenvalue weighted by Gasteiger charge is 2.42. The van der Waals surface area contributed by atoms with Gasteiger partial charge in [-0.3, -0.25) is 14.6 Å². The lowest BCUT2D eigenvalue weighted by Crippen LogP contribution is -3.00. The molecule has 2 rings (SSSR count). The van der Waals surface area contributed by atoms with Crippen molar-refractivity contribution >= 4 is 11.7 Å². The Labute approximate surface area is 135 Å². The fourth-order valence-corrected chi connectivity index (χ4v) is 2.47. The monoisotopic (exact) mass is 325 g/mol. The van der Waals surface area contributed by atoms with Crippen LogP contribution in [0, 0.1) is 0 Å². The minimum absolute atomic E-state index is 0. The average Bonchev–Trinajstić information content (AvgIpc) is 2.73. The number of ketones is 1. The Balaban J connectivity index is 0.00000242. The van der Waals surface area contributed by atoms with Gasteiger partial charge in [0.15, 0.2) is 11.5 Å². The summed E-state index contributed by atoms with van der Waals surface area (Å²) in [6.45, 7) is 2.22. The quantitative estimate of drug-likeness (QED) is 0.638. The zero-order valence-corrected chi connectivity index (χ0v) is 13.2. The van der Waals surface area contributed by atoms with Gasteiger partial charge in [0.2, 0.25) is 0 Å². The largest absolute Gasteiger partial charge is 1.00 e. The summed E-state index contributed by atoms with van der Waals surface area (Å²) >= 11 is 0. The Morgan fingerprint density at radius 1 is 1.45 bits per heavy atom. The summed E-state index contributed by atoms with van der Waals surface area (Å²) in [5.74, 6) is -1.34. The van der Waals surface area contributed by atoms with E-state index in [1.807, 2.05) is 0 Å². The summed E-state index contributed by atoms with van der Waals surface area (Å²) in [7, 11) is 1.58. The first kappa shape index (κ1) is 18.1. The van der Waals surface area contributed by atoms with E-state index in [1.165, 1.54) is 11.8 Å². The molecule has 7 heteroatoms. The lowest BCUT2D eigenvalue weighted by molar-refractivity contribution is -0.129. The lowest BCUT2D eigenvalue weighted by atomic mass is 10.0. The molecule has 0 aliphatic carbocycles. The number of aliphatic hydroxyl groups excluding tert-OH is 1. The molecule has 1 aliphatic heterocycles. The van der Waals surface area contributed by atoms with Crippen LogP contribution in [0.1, 0.15) is 25.1 Å². The minimum Gasteiger partial charge on any atom is -1.00 e. The number of halogens is 1. The van der Waals surface area contributed by atoms with Gasteiger partial charge in [-0.25, -0.2) is 0 Å². The number of aliphatic hydroxyl groups is 1. The van der Waals surface area contributed by atoms with Gasteiger partial charge in [-0.15, -0.1) is 0 Å². The van der Waals surface area contributed by atoms with E-state index in [0.717, 1.165) is 0 Å². The molecule has 0 saturated heterocycles. The van der Waals surface area contributed by atoms with E-state index in [0.29, 0.717) is 25.3 Å². The topological polar surface area (TPSA) is 79.7 Å². The molecule has 0 radical (unpaired) electrons. The Bertz CT molecular complexity index is 574. The van der Waals surface area contributed by atoms with E-state index in [2.05, 4.69) is 4.98 Å². The standard InChI is InChI=1S/C15H18N2O4.ClH/c1-10(18)12-13(11-6-3-4-7-16-11)17(8-5-9-21-2)15(20)14(12)19;/h3-4,6-7,13,19H,5,8-9H2,1-2H3;1H/p-1. The summed E-state index contributed by atoms with van der Waals surface area (Å²) in [6, 6.07) is 4.65. The van der Waals surface area contributed by atoms with Crippen LogP contribution in [0.15, 0.2) is 35.7 Å². The molecule has 1 aromatic heterocycles. The number of carbonyl (C=O) groups excluding carboxylic acids is 2. The van der Waals surface area contributed by atoms with E-state index >= 15 is 0 Å². The van der Waals surface area contributed by atoms with E-state index in [4.69, 9.17) is 4.74 Å². The maximum absolute atomic E-state index is 12.2. The first-order valence-electron chi connectivity index (χ1n) is 6.72. The van der Waals surface area contributed by atoms with Gasteiger partial charge < -0.3 is 27.2 Å². The maximum Gasteiger partial charge on any atom is 0.290 e. The van der Waals surface area contributed by atoms with Gasteiger partial charge in [0, 0.05) is 26.5 Å². The number of ether oxygens (including phenoxy) is 1. The highest BCUT2D eigenvalue weighted by Crippen LogP contribution is 2.36. The van der Waals surface area contributed by atoms with Crippen molar-refractivity contribution in [1.29, 1.82) is 0 Å². The predicted molar refractivity (Wildman–Crippen MR) is 75.5 cm³/mol. The third-order valence-electron chi connectivity index (χ3n) is 3.40. The van der Waals surface area contributed by atoms with Crippen LogP contribution in [-0.4, -0.2) is 46.9 Å². The average molecular weight is 326 g/mol. The lowest BCUT2D eigenvalue weighted by Gasteiger charge is -2.25. The number of aromatic nitrogens is 1. The van der Waals surface area contributed by atoms with Gasteiger partial charge >= 0.3 is 0 Å². The molecule has 0 saturated carbocycles. The highest BCUT2D eigenvalue weighted by atomic mass is 35.5. The molecule has 0 spiro atoms. The van der Waals surface area contributed by atoms with Gasteiger partial charge in [-0.2, -0.15) is 0 Å². The van der Waals surface area contributed by atoms with Crippen molar-refractivity contribution < 1.29 is 31.8 Å². The molecular weight excluding hydrogens is 308 g/mol. The van der Waals surface area contributed by atoms with Crippen LogP contribution in [0.25, 0.3) is 0 Å². The normalized spacial score (nSPS) is 17.6. The van der Waals surface area contributed by atoms with Gasteiger partial charge in [0.25, 0.3) is 5.91 Å². The number of hydrogen-bond acceptors (Lipinski definition) is 5. The first-order valence-corrected chi connectivity index (χ1v) is 6.72. The second-order valence-electron chi connectivity index (χ2n) is 4.82. The molecule has 22 heavy (non-hydrogen) atoms. The van der Waals surface area contributed by atoms with Crippen molar-refractivity contribution in [3.05, 3.63) is 41.4 Å². The van der Waals surface area contributed by atoms with Crippen LogP contribution in [-0.2, 0) is 14.3 Å². The molecule has 6 nitrogen and oxygen atoms in total. The summed E-state index contributed by atoms with van der Waals surface area (Å²) in [5.41, 5.74) is 0.675. The maximum atomic E-state index is 12.2. The van der Waals surface area contributed by atoms with Crippen LogP contribution in [0.5, 0.6) is 0 Å². The molecule has 1 unspecified atom stereocenters. The molecular formula is C15H18ClN2O4-. The fourth-order valence-electron chi connectivity index (χ4n) is 2.47. The van der Waals surface area contributed by atoms with Gasteiger partial charge in [0.1, 0.15) is 6.04 Å². The first-order chi connectivity index (χ1) is 10.1. The van der Waals surface area contributed by atoms with Gasteiger partial charge in [-0.1, -0.05) is 6.07 Å². The third-order valence-corrected chi connectivity index (χ3v) is 3.40. The van der Waals surface area contributed by atoms with Gasteiger partial charge in [-0.05, 0) is 25.5 Å². The number of pyridine rings is 1. The number of rotatable bonds is 6. The summed E-state index contributed by atoms with van der Waals surface area (Å²) in [5, 5.41) is 10.00. The number of amides is 1. The van der Waals surface area contributed by atoms with Crippen LogP contribution in [0.4, 0.5) is 0 Å². The zero-order chi connectivity index (χ0) is 15.4. The van der Waals surface area contributed by atoms with Crippen LogP contribution < -0.4 is 12.4 Å². The molecule has 1 N–H and O–H groups in total. The Morgan fingerprint density at radius 2 is 2.18 bits per heavy atom. The number of Topliss-reactive ketones (excluding diaryl/α,β-unsaturated/α-hetero) is 1. The van der Waals surface area contributed by atoms with E-state index in [1.54, 1.807) is 31.5 Å². The van der Waals surface area contributed by atoms with Crippen molar-refractivity contribution in [3.63, 3.8) is 0 Å². The number of carbonyl (C=O) groups is 2. The smallest absolute Gasteiger partial charge is 0.290 e. The fraction of sp³-hybridized carbons (Fsp3) is 0.400. The number of hydrogen-bond donors (Lipinski definition) is 1. The number of nitrogens with zero attached hydrogens (tertiary/aromatic N) is 2. The second kappa shape index (κ2) is 7.91. The molecule has 1 aliphatic rings. The summed E-state index contributed by atoms with van der Waals surface area (Å²) < 4.78 is 4.98. The van der Waals surface area contributed by atoms with Crippen molar-refractivity contribution in [2.24, 2.45) is 0 Å². The molecule has 120 valence electrons. The molecule has 1 amide bonds. The Kier molecular flexibility index (Phi) is 6.52. The van der Waals surface area contributed by atoms with E-state index in [9.17, 15) is 14.7 Å².